The van der Waals surface area contributed by atoms with Crippen molar-refractivity contribution in [1.29, 1.82) is 0 Å². The van der Waals surface area contributed by atoms with Crippen molar-refractivity contribution in [2.45, 2.75) is 0 Å². The molecule has 0 saturated carbocycles. The van der Waals surface area contributed by atoms with E-state index < -0.39 is 12.6 Å². The Hall–Kier alpha value is -1.59. The number of ether oxygens (including phenoxy) is 1. The van der Waals surface area contributed by atoms with E-state index in [1.807, 2.05) is 0 Å². The number of alkyl halides is 1. The lowest BCUT2D eigenvalue weighted by Crippen LogP contribution is -2.07. The molecule has 0 aliphatic heterocycles. The number of nitrogens with one attached hydrogen (secondary N) is 1. The molecule has 0 unspecified atom stereocenters. The third-order valence-electron chi connectivity index (χ3n) is 1.13. The van der Waals surface area contributed by atoms with Gasteiger partial charge in [0.15, 0.2) is 0 Å². The van der Waals surface area contributed by atoms with Gasteiger partial charge in [0, 0.05) is 6.07 Å². The molecule has 5 nitrogen and oxygen atoms in total. The third-order valence-corrected chi connectivity index (χ3v) is 1.13. The number of esters is 1. The van der Waals surface area contributed by atoms with Crippen molar-refractivity contribution in [1.82, 2.24) is 10.2 Å². The molecule has 6 heteroatoms. The minimum atomic E-state index is -0.699. The molecule has 0 atom stereocenters. The standard InChI is InChI=1S/C6H8FN3O2/c7-1-2-12-6(11)4-3-5(8)10-9-4/h3H,1-2H2,(H3,8,9,10). The molecule has 0 bridgehead atoms. The second-order valence-corrected chi connectivity index (χ2v) is 2.03. The van der Waals surface area contributed by atoms with Crippen LogP contribution in [0, 0.1) is 0 Å². The van der Waals surface area contributed by atoms with Crippen molar-refractivity contribution in [3.8, 4) is 0 Å². The average Bonchev–Trinajstić information content (AvgIpc) is 2.47. The highest BCUT2D eigenvalue weighted by Crippen LogP contribution is 2.01. The SMILES string of the molecule is Nc1cc(C(=O)OCCF)[nH]n1. The van der Waals surface area contributed by atoms with Crippen molar-refractivity contribution >= 4 is 11.8 Å². The number of nitrogens with zero attached hydrogens (tertiary/aromatic N) is 1. The van der Waals surface area contributed by atoms with Crippen LogP contribution in [0.5, 0.6) is 0 Å². The Labute approximate surface area is 67.7 Å². The first-order valence-corrected chi connectivity index (χ1v) is 3.28. The summed E-state index contributed by atoms with van der Waals surface area (Å²) in [5.41, 5.74) is 5.35. The van der Waals surface area contributed by atoms with Crippen LogP contribution in [0.25, 0.3) is 0 Å². The van der Waals surface area contributed by atoms with E-state index >= 15 is 0 Å². The largest absolute Gasteiger partial charge is 0.458 e. The molecule has 0 aromatic carbocycles. The second-order valence-electron chi connectivity index (χ2n) is 2.03. The van der Waals surface area contributed by atoms with Gasteiger partial charge in [-0.05, 0) is 0 Å². The smallest absolute Gasteiger partial charge is 0.356 e. The van der Waals surface area contributed by atoms with E-state index in [4.69, 9.17) is 5.73 Å². The molecule has 1 aromatic heterocycles. The van der Waals surface area contributed by atoms with Gasteiger partial charge in [0.05, 0.1) is 0 Å². The summed E-state index contributed by atoms with van der Waals surface area (Å²) in [4.78, 5) is 10.9. The van der Waals surface area contributed by atoms with Gasteiger partial charge in [-0.1, -0.05) is 0 Å². The van der Waals surface area contributed by atoms with Crippen LogP contribution in [0.3, 0.4) is 0 Å². The number of anilines is 1. The summed E-state index contributed by atoms with van der Waals surface area (Å²) in [6.07, 6.45) is 0. The molecule has 1 rings (SSSR count). The molecule has 12 heavy (non-hydrogen) atoms. The predicted octanol–water partition coefficient (Wildman–Crippen LogP) is 0.118. The van der Waals surface area contributed by atoms with Crippen LogP contribution < -0.4 is 5.73 Å². The van der Waals surface area contributed by atoms with Gasteiger partial charge in [-0.25, -0.2) is 9.18 Å². The number of halogens is 1. The fraction of sp³-hybridized carbons (Fsp3) is 0.333. The topological polar surface area (TPSA) is 81.0 Å². The summed E-state index contributed by atoms with van der Waals surface area (Å²) in [5, 5.41) is 5.85. The normalized spacial score (nSPS) is 9.75. The summed E-state index contributed by atoms with van der Waals surface area (Å²) in [5.74, 6) is -0.459. The lowest BCUT2D eigenvalue weighted by Gasteiger charge is -1.97. The van der Waals surface area contributed by atoms with Gasteiger partial charge in [0.25, 0.3) is 0 Å². The Kier molecular flexibility index (Phi) is 2.62. The zero-order chi connectivity index (χ0) is 8.97. The summed E-state index contributed by atoms with van der Waals surface area (Å²) in [6, 6.07) is 1.32. The van der Waals surface area contributed by atoms with Gasteiger partial charge >= 0.3 is 5.97 Å². The Bertz CT molecular complexity index is 274. The fourth-order valence-electron chi connectivity index (χ4n) is 0.651. The predicted molar refractivity (Wildman–Crippen MR) is 39.3 cm³/mol. The number of nitrogens with two attached hydrogens (primary N) is 1. The van der Waals surface area contributed by atoms with Crippen molar-refractivity contribution < 1.29 is 13.9 Å². The quantitative estimate of drug-likeness (QED) is 0.636. The van der Waals surface area contributed by atoms with Crippen molar-refractivity contribution in [3.63, 3.8) is 0 Å². The van der Waals surface area contributed by atoms with E-state index in [0.29, 0.717) is 0 Å². The van der Waals surface area contributed by atoms with E-state index in [-0.39, 0.29) is 18.1 Å². The third kappa shape index (κ3) is 1.94. The lowest BCUT2D eigenvalue weighted by atomic mass is 10.4. The van der Waals surface area contributed by atoms with E-state index in [0.717, 1.165) is 0 Å². The summed E-state index contributed by atoms with van der Waals surface area (Å²) < 4.78 is 16.0. The number of carbonyl (C=O) groups excluding carboxylic acids is 1. The van der Waals surface area contributed by atoms with Crippen LogP contribution in [0.1, 0.15) is 10.5 Å². The van der Waals surface area contributed by atoms with Crippen molar-refractivity contribution in [2.24, 2.45) is 0 Å². The number of H-pyrrole nitrogens is 1. The highest BCUT2D eigenvalue weighted by Gasteiger charge is 2.09. The molecular weight excluding hydrogens is 165 g/mol. The zero-order valence-electron chi connectivity index (χ0n) is 6.21. The highest BCUT2D eigenvalue weighted by molar-refractivity contribution is 5.87. The number of rotatable bonds is 3. The van der Waals surface area contributed by atoms with Gasteiger partial charge < -0.3 is 10.5 Å². The molecule has 0 spiro atoms. The number of carbonyl (C=O) groups is 1. The van der Waals surface area contributed by atoms with Crippen molar-refractivity contribution in [3.05, 3.63) is 11.8 Å². The van der Waals surface area contributed by atoms with Gasteiger partial charge in [-0.3, -0.25) is 5.10 Å². The Morgan fingerprint density at radius 2 is 2.58 bits per heavy atom. The van der Waals surface area contributed by atoms with Crippen LogP contribution in [-0.4, -0.2) is 29.4 Å². The van der Waals surface area contributed by atoms with E-state index in [1.165, 1.54) is 6.07 Å². The summed E-state index contributed by atoms with van der Waals surface area (Å²) >= 11 is 0. The van der Waals surface area contributed by atoms with Crippen LogP contribution in [-0.2, 0) is 4.74 Å². The first kappa shape index (κ1) is 8.51. The summed E-state index contributed by atoms with van der Waals surface area (Å²) in [7, 11) is 0. The molecule has 0 amide bonds. The minimum Gasteiger partial charge on any atom is -0.458 e. The molecule has 1 aromatic rings. The minimum absolute atomic E-state index is 0.126. The molecule has 0 saturated heterocycles. The first-order valence-electron chi connectivity index (χ1n) is 3.28. The lowest BCUT2D eigenvalue weighted by molar-refractivity contribution is 0.0474. The van der Waals surface area contributed by atoms with Gasteiger partial charge in [-0.15, -0.1) is 0 Å². The van der Waals surface area contributed by atoms with Crippen LogP contribution in [0.15, 0.2) is 6.07 Å². The number of nitrogen functional groups attached to an aromatic ring is 1. The molecule has 0 aliphatic carbocycles. The van der Waals surface area contributed by atoms with Gasteiger partial charge in [0.1, 0.15) is 24.8 Å². The number of aromatic nitrogens is 2. The van der Waals surface area contributed by atoms with Gasteiger partial charge in [0.2, 0.25) is 0 Å². The van der Waals surface area contributed by atoms with Crippen LogP contribution in [0.2, 0.25) is 0 Å². The molecule has 66 valence electrons. The van der Waals surface area contributed by atoms with E-state index in [1.54, 1.807) is 0 Å². The van der Waals surface area contributed by atoms with E-state index in [2.05, 4.69) is 14.9 Å². The number of hydrogen-bond donors (Lipinski definition) is 2. The molecule has 0 fully saturated rings. The monoisotopic (exact) mass is 173 g/mol. The Morgan fingerprint density at radius 1 is 1.83 bits per heavy atom. The maximum atomic E-state index is 11.5. The van der Waals surface area contributed by atoms with Crippen LogP contribution >= 0.6 is 0 Å². The Balaban J connectivity index is 2.53. The van der Waals surface area contributed by atoms with Crippen molar-refractivity contribution in [2.75, 3.05) is 19.0 Å². The van der Waals surface area contributed by atoms with E-state index in [9.17, 15) is 9.18 Å². The number of hydrogen-bond acceptors (Lipinski definition) is 4. The molecule has 0 radical (unpaired) electrons. The maximum absolute atomic E-state index is 11.5. The molecule has 0 aliphatic rings. The fourth-order valence-corrected chi connectivity index (χ4v) is 0.651. The second kappa shape index (κ2) is 3.70. The van der Waals surface area contributed by atoms with Gasteiger partial charge in [-0.2, -0.15) is 5.10 Å². The molecule has 3 N–H and O–H groups in total. The average molecular weight is 173 g/mol. The number of aromatic amines is 1. The maximum Gasteiger partial charge on any atom is 0.356 e. The summed E-state index contributed by atoms with van der Waals surface area (Å²) in [6.45, 7) is -0.951. The first-order chi connectivity index (χ1) is 5.74. The molecule has 1 heterocycles. The zero-order valence-corrected chi connectivity index (χ0v) is 6.21. The highest BCUT2D eigenvalue weighted by atomic mass is 19.1. The Morgan fingerprint density at radius 3 is 3.08 bits per heavy atom. The molecular formula is C6H8FN3O2. The van der Waals surface area contributed by atoms with Crippen LogP contribution in [0.4, 0.5) is 10.2 Å².